The molecule has 1 fully saturated rings. The number of thioether (sulfide) groups is 1. The molecule has 7 nitrogen and oxygen atoms in total. The molecule has 4 rings (SSSR count). The summed E-state index contributed by atoms with van der Waals surface area (Å²) < 4.78 is 5.65. The zero-order valence-electron chi connectivity index (χ0n) is 19.2. The molecule has 3 N–H and O–H groups in total. The van der Waals surface area contributed by atoms with Crippen molar-refractivity contribution in [3.8, 4) is 11.1 Å². The van der Waals surface area contributed by atoms with Crippen molar-refractivity contribution in [2.24, 2.45) is 0 Å². The van der Waals surface area contributed by atoms with E-state index in [-0.39, 0.29) is 24.9 Å². The van der Waals surface area contributed by atoms with E-state index in [1.165, 1.54) is 11.8 Å². The van der Waals surface area contributed by atoms with Gasteiger partial charge in [0.15, 0.2) is 0 Å². The van der Waals surface area contributed by atoms with E-state index in [1.54, 1.807) is 0 Å². The fraction of sp³-hybridized carbons (Fsp3) is 0.423. The average Bonchev–Trinajstić information content (AvgIpc) is 3.12. The van der Waals surface area contributed by atoms with Gasteiger partial charge in [0.05, 0.1) is 5.54 Å². The van der Waals surface area contributed by atoms with Crippen LogP contribution in [0.3, 0.4) is 0 Å². The molecule has 34 heavy (non-hydrogen) atoms. The van der Waals surface area contributed by atoms with Crippen LogP contribution in [0, 0.1) is 0 Å². The van der Waals surface area contributed by atoms with Gasteiger partial charge in [-0.2, -0.15) is 11.8 Å². The van der Waals surface area contributed by atoms with E-state index in [0.717, 1.165) is 28.7 Å². The van der Waals surface area contributed by atoms with Gasteiger partial charge in [0.1, 0.15) is 12.6 Å². The van der Waals surface area contributed by atoms with Gasteiger partial charge in [0, 0.05) is 12.3 Å². The Balaban J connectivity index is 1.35. The van der Waals surface area contributed by atoms with Crippen molar-refractivity contribution in [3.63, 3.8) is 0 Å². The van der Waals surface area contributed by atoms with Gasteiger partial charge in [-0.3, -0.25) is 4.79 Å². The summed E-state index contributed by atoms with van der Waals surface area (Å²) in [5, 5.41) is 14.9. The number of alkyl carbamates (subject to hydrolysis) is 1. The first-order valence-electron chi connectivity index (χ1n) is 11.6. The van der Waals surface area contributed by atoms with Gasteiger partial charge in [-0.1, -0.05) is 48.5 Å². The number of fused-ring (bicyclic) bond motifs is 3. The predicted octanol–water partition coefficient (Wildman–Crippen LogP) is 4.16. The number of carbonyl (C=O) groups is 3. The van der Waals surface area contributed by atoms with Crippen LogP contribution in [-0.4, -0.2) is 53.3 Å². The Kier molecular flexibility index (Phi) is 7.46. The summed E-state index contributed by atoms with van der Waals surface area (Å²) >= 11 is 1.53. The van der Waals surface area contributed by atoms with Crippen molar-refractivity contribution in [2.45, 2.75) is 49.6 Å². The average molecular weight is 483 g/mol. The Morgan fingerprint density at radius 2 is 1.71 bits per heavy atom. The smallest absolute Gasteiger partial charge is 0.407 e. The molecule has 1 saturated carbocycles. The van der Waals surface area contributed by atoms with Crippen LogP contribution in [0.1, 0.15) is 49.1 Å². The molecule has 0 spiro atoms. The zero-order valence-corrected chi connectivity index (χ0v) is 20.0. The summed E-state index contributed by atoms with van der Waals surface area (Å²) in [6, 6.07) is 15.4. The van der Waals surface area contributed by atoms with Crippen LogP contribution in [-0.2, 0) is 14.3 Å². The summed E-state index contributed by atoms with van der Waals surface area (Å²) in [6.45, 7) is 0.206. The molecule has 0 radical (unpaired) electrons. The quantitative estimate of drug-likeness (QED) is 0.470. The van der Waals surface area contributed by atoms with Gasteiger partial charge < -0.3 is 20.5 Å². The maximum atomic E-state index is 12.7. The van der Waals surface area contributed by atoms with Gasteiger partial charge in [0.25, 0.3) is 0 Å². The summed E-state index contributed by atoms with van der Waals surface area (Å²) in [6.07, 6.45) is 3.95. The maximum Gasteiger partial charge on any atom is 0.407 e. The van der Waals surface area contributed by atoms with Crippen LogP contribution in [0.25, 0.3) is 11.1 Å². The second-order valence-corrected chi connectivity index (χ2v) is 9.99. The minimum Gasteiger partial charge on any atom is -0.480 e. The molecule has 0 aliphatic heterocycles. The third-order valence-electron chi connectivity index (χ3n) is 6.76. The van der Waals surface area contributed by atoms with Crippen molar-refractivity contribution in [1.29, 1.82) is 0 Å². The lowest BCUT2D eigenvalue weighted by atomic mass is 9.74. The third kappa shape index (κ3) is 5.22. The van der Waals surface area contributed by atoms with Crippen LogP contribution < -0.4 is 10.6 Å². The Morgan fingerprint density at radius 3 is 2.24 bits per heavy atom. The SMILES string of the molecule is CSCC[C@H](NC(=O)CC1(NC(=O)OCC2c3ccccc3-c3ccccc32)CCC1)C(=O)O. The molecule has 2 aromatic rings. The van der Waals surface area contributed by atoms with Crippen molar-refractivity contribution < 1.29 is 24.2 Å². The molecular weight excluding hydrogens is 452 g/mol. The Bertz CT molecular complexity index is 1020. The number of aliphatic carboxylic acids is 1. The largest absolute Gasteiger partial charge is 0.480 e. The highest BCUT2D eigenvalue weighted by Gasteiger charge is 2.41. The first-order chi connectivity index (χ1) is 16.4. The van der Waals surface area contributed by atoms with E-state index >= 15 is 0 Å². The molecule has 8 heteroatoms. The number of nitrogens with one attached hydrogen (secondary N) is 2. The second kappa shape index (κ2) is 10.5. The molecular formula is C26H30N2O5S. The highest BCUT2D eigenvalue weighted by atomic mass is 32.2. The minimum atomic E-state index is -1.05. The minimum absolute atomic E-state index is 0.0356. The van der Waals surface area contributed by atoms with Gasteiger partial charge in [0.2, 0.25) is 5.91 Å². The van der Waals surface area contributed by atoms with E-state index < -0.39 is 23.6 Å². The summed E-state index contributed by atoms with van der Waals surface area (Å²) in [7, 11) is 0. The van der Waals surface area contributed by atoms with Crippen LogP contribution >= 0.6 is 11.8 Å². The number of rotatable bonds is 10. The highest BCUT2D eigenvalue weighted by molar-refractivity contribution is 7.98. The summed E-state index contributed by atoms with van der Waals surface area (Å²) in [4.78, 5) is 36.7. The van der Waals surface area contributed by atoms with Gasteiger partial charge in [-0.15, -0.1) is 0 Å². The second-order valence-electron chi connectivity index (χ2n) is 9.00. The number of carboxylic acid groups (broad SMARTS) is 1. The fourth-order valence-corrected chi connectivity index (χ4v) is 5.32. The number of hydrogen-bond donors (Lipinski definition) is 3. The lowest BCUT2D eigenvalue weighted by Crippen LogP contribution is -2.57. The molecule has 1 atom stereocenters. The lowest BCUT2D eigenvalue weighted by Gasteiger charge is -2.41. The van der Waals surface area contributed by atoms with Gasteiger partial charge >= 0.3 is 12.1 Å². The fourth-order valence-electron chi connectivity index (χ4n) is 4.85. The number of carboxylic acids is 1. The van der Waals surface area contributed by atoms with Crippen LogP contribution in [0.2, 0.25) is 0 Å². The van der Waals surface area contributed by atoms with E-state index in [4.69, 9.17) is 4.74 Å². The molecule has 2 aromatic carbocycles. The monoisotopic (exact) mass is 482 g/mol. The molecule has 2 amide bonds. The van der Waals surface area contributed by atoms with Crippen molar-refractivity contribution in [2.75, 3.05) is 18.6 Å². The maximum absolute atomic E-state index is 12.7. The zero-order chi connectivity index (χ0) is 24.1. The number of carbonyl (C=O) groups excluding carboxylic acids is 2. The van der Waals surface area contributed by atoms with Gasteiger partial charge in [-0.25, -0.2) is 9.59 Å². The van der Waals surface area contributed by atoms with Gasteiger partial charge in [-0.05, 0) is 59.9 Å². The Morgan fingerprint density at radius 1 is 1.09 bits per heavy atom. The molecule has 0 aromatic heterocycles. The highest BCUT2D eigenvalue weighted by Crippen LogP contribution is 2.44. The summed E-state index contributed by atoms with van der Waals surface area (Å²) in [5.41, 5.74) is 3.91. The molecule has 0 unspecified atom stereocenters. The van der Waals surface area contributed by atoms with Crippen molar-refractivity contribution in [3.05, 3.63) is 59.7 Å². The van der Waals surface area contributed by atoms with E-state index in [0.29, 0.717) is 25.0 Å². The lowest BCUT2D eigenvalue weighted by molar-refractivity contribution is -0.142. The van der Waals surface area contributed by atoms with E-state index in [1.807, 2.05) is 30.5 Å². The van der Waals surface area contributed by atoms with Crippen LogP contribution in [0.5, 0.6) is 0 Å². The molecule has 0 heterocycles. The standard InChI is InChI=1S/C26H30N2O5S/c1-34-14-11-22(24(30)31)27-23(29)15-26(12-6-13-26)28-25(32)33-16-21-19-9-4-2-7-17(19)18-8-3-5-10-20(18)21/h2-5,7-10,21-22H,6,11-16H2,1H3,(H,27,29)(H,28,32)(H,30,31)/t22-/m0/s1. The predicted molar refractivity (Wildman–Crippen MR) is 132 cm³/mol. The Labute approximate surface area is 203 Å². The molecule has 180 valence electrons. The topological polar surface area (TPSA) is 105 Å². The van der Waals surface area contributed by atoms with Crippen molar-refractivity contribution >= 4 is 29.7 Å². The normalized spacial score (nSPS) is 16.5. The summed E-state index contributed by atoms with van der Waals surface area (Å²) in [5.74, 6) is -0.811. The molecule has 0 bridgehead atoms. The van der Waals surface area contributed by atoms with Crippen molar-refractivity contribution in [1.82, 2.24) is 10.6 Å². The van der Waals surface area contributed by atoms with Crippen LogP contribution in [0.4, 0.5) is 4.79 Å². The molecule has 0 saturated heterocycles. The van der Waals surface area contributed by atoms with Crippen LogP contribution in [0.15, 0.2) is 48.5 Å². The number of hydrogen-bond acceptors (Lipinski definition) is 5. The Hall–Kier alpha value is -3.00. The number of ether oxygens (including phenoxy) is 1. The van der Waals surface area contributed by atoms with E-state index in [9.17, 15) is 19.5 Å². The first kappa shape index (κ1) is 24.1. The number of amides is 2. The molecule has 2 aliphatic rings. The first-order valence-corrected chi connectivity index (χ1v) is 13.0. The molecule has 2 aliphatic carbocycles. The third-order valence-corrected chi connectivity index (χ3v) is 7.41. The number of benzene rings is 2. The van der Waals surface area contributed by atoms with E-state index in [2.05, 4.69) is 34.9 Å².